The van der Waals surface area contributed by atoms with E-state index in [1.54, 1.807) is 4.90 Å². The molecular formula is C16H22F3N3O2. The van der Waals surface area contributed by atoms with E-state index in [1.165, 1.54) is 12.3 Å². The summed E-state index contributed by atoms with van der Waals surface area (Å²) >= 11 is 0. The maximum Gasteiger partial charge on any atom is 0.421 e. The molecule has 5 nitrogen and oxygen atoms in total. The van der Waals surface area contributed by atoms with E-state index in [0.717, 1.165) is 6.20 Å². The molecular weight excluding hydrogens is 323 g/mol. The number of carbonyl (C=O) groups is 1. The Hall–Kier alpha value is -1.83. The topological polar surface area (TPSA) is 68.5 Å². The summed E-state index contributed by atoms with van der Waals surface area (Å²) < 4.78 is 44.4. The van der Waals surface area contributed by atoms with Crippen LogP contribution in [0.1, 0.15) is 32.3 Å². The third-order valence-corrected chi connectivity index (χ3v) is 4.14. The number of amides is 1. The van der Waals surface area contributed by atoms with Gasteiger partial charge in [0, 0.05) is 38.3 Å². The Labute approximate surface area is 139 Å². The van der Waals surface area contributed by atoms with E-state index in [9.17, 15) is 18.0 Å². The normalized spacial score (nSPS) is 17.9. The second kappa shape index (κ2) is 7.38. The van der Waals surface area contributed by atoms with Gasteiger partial charge in [-0.15, -0.1) is 0 Å². The van der Waals surface area contributed by atoms with Gasteiger partial charge in [0.1, 0.15) is 17.4 Å². The molecule has 8 heteroatoms. The van der Waals surface area contributed by atoms with Crippen LogP contribution in [0.5, 0.6) is 5.75 Å². The number of aromatic nitrogens is 1. The summed E-state index contributed by atoms with van der Waals surface area (Å²) in [6.45, 7) is 4.60. The minimum atomic E-state index is -4.51. The molecule has 0 saturated carbocycles. The number of alkyl halides is 3. The molecule has 1 aliphatic rings. The fourth-order valence-electron chi connectivity index (χ4n) is 2.57. The molecule has 0 aliphatic carbocycles. The molecule has 0 aromatic carbocycles. The van der Waals surface area contributed by atoms with Crippen LogP contribution in [-0.2, 0) is 11.0 Å². The lowest BCUT2D eigenvalue weighted by Gasteiger charge is -2.34. The van der Waals surface area contributed by atoms with Gasteiger partial charge >= 0.3 is 6.18 Å². The zero-order valence-electron chi connectivity index (χ0n) is 13.7. The van der Waals surface area contributed by atoms with Crippen LogP contribution in [0.2, 0.25) is 0 Å². The number of carbonyl (C=O) groups excluding carboxylic acids is 1. The average Bonchev–Trinajstić information content (AvgIpc) is 2.53. The van der Waals surface area contributed by atoms with Crippen molar-refractivity contribution >= 4 is 5.91 Å². The van der Waals surface area contributed by atoms with E-state index in [4.69, 9.17) is 10.5 Å². The summed E-state index contributed by atoms with van der Waals surface area (Å²) in [5.74, 6) is -0.304. The highest BCUT2D eigenvalue weighted by Gasteiger charge is 2.36. The van der Waals surface area contributed by atoms with Gasteiger partial charge in [0.15, 0.2) is 0 Å². The number of likely N-dealkylation sites (tertiary alicyclic amines) is 1. The largest absolute Gasteiger partial charge is 0.490 e. The van der Waals surface area contributed by atoms with E-state index in [1.807, 2.05) is 13.8 Å². The number of hydrogen-bond acceptors (Lipinski definition) is 4. The highest BCUT2D eigenvalue weighted by Crippen LogP contribution is 2.36. The molecule has 1 amide bonds. The van der Waals surface area contributed by atoms with Gasteiger partial charge in [0.25, 0.3) is 0 Å². The van der Waals surface area contributed by atoms with Crippen molar-refractivity contribution in [2.75, 3.05) is 13.1 Å². The van der Waals surface area contributed by atoms with Gasteiger partial charge < -0.3 is 15.4 Å². The molecule has 134 valence electrons. The molecule has 1 aromatic rings. The Kier molecular flexibility index (Phi) is 5.69. The first kappa shape index (κ1) is 18.5. The Morgan fingerprint density at radius 2 is 2.00 bits per heavy atom. The molecule has 0 radical (unpaired) electrons. The van der Waals surface area contributed by atoms with Gasteiger partial charge in [-0.05, 0) is 12.0 Å². The minimum Gasteiger partial charge on any atom is -0.490 e. The lowest BCUT2D eigenvalue weighted by Crippen LogP contribution is -2.50. The molecule has 1 saturated heterocycles. The Bertz CT molecular complexity index is 570. The third kappa shape index (κ3) is 4.37. The smallest absolute Gasteiger partial charge is 0.421 e. The van der Waals surface area contributed by atoms with Crippen molar-refractivity contribution in [2.24, 2.45) is 11.7 Å². The molecule has 0 spiro atoms. The number of pyridine rings is 1. The molecule has 1 atom stereocenters. The van der Waals surface area contributed by atoms with E-state index >= 15 is 0 Å². The highest BCUT2D eigenvalue weighted by molar-refractivity contribution is 5.82. The van der Waals surface area contributed by atoms with Gasteiger partial charge in [-0.3, -0.25) is 9.78 Å². The molecule has 0 unspecified atom stereocenters. The third-order valence-electron chi connectivity index (χ3n) is 4.14. The number of halogens is 3. The van der Waals surface area contributed by atoms with Crippen LogP contribution in [0.3, 0.4) is 0 Å². The quantitative estimate of drug-likeness (QED) is 0.910. The second-order valence-electron chi connectivity index (χ2n) is 6.28. The van der Waals surface area contributed by atoms with E-state index < -0.39 is 17.8 Å². The van der Waals surface area contributed by atoms with Crippen molar-refractivity contribution in [2.45, 2.75) is 45.0 Å². The summed E-state index contributed by atoms with van der Waals surface area (Å²) in [4.78, 5) is 17.4. The maximum absolute atomic E-state index is 12.9. The lowest BCUT2D eigenvalue weighted by atomic mass is 10.0. The summed E-state index contributed by atoms with van der Waals surface area (Å²) in [6.07, 6.45) is -1.91. The molecule has 1 fully saturated rings. The molecule has 24 heavy (non-hydrogen) atoms. The molecule has 1 aliphatic heterocycles. The molecule has 1 aromatic heterocycles. The van der Waals surface area contributed by atoms with Crippen molar-refractivity contribution in [3.05, 3.63) is 24.0 Å². The van der Waals surface area contributed by atoms with Crippen LogP contribution >= 0.6 is 0 Å². The molecule has 0 bridgehead atoms. The van der Waals surface area contributed by atoms with Crippen LogP contribution in [0.25, 0.3) is 0 Å². The number of rotatable bonds is 4. The van der Waals surface area contributed by atoms with Gasteiger partial charge in [0.2, 0.25) is 5.91 Å². The van der Waals surface area contributed by atoms with Gasteiger partial charge in [-0.2, -0.15) is 13.2 Å². The maximum atomic E-state index is 12.9. The highest BCUT2D eigenvalue weighted by atomic mass is 19.4. The number of piperidine rings is 1. The average molecular weight is 345 g/mol. The first-order valence-electron chi connectivity index (χ1n) is 7.92. The van der Waals surface area contributed by atoms with E-state index in [2.05, 4.69) is 4.98 Å². The Balaban J connectivity index is 1.96. The number of nitrogens with zero attached hydrogens (tertiary/aromatic N) is 2. The van der Waals surface area contributed by atoms with Crippen LogP contribution in [0.15, 0.2) is 18.5 Å². The Morgan fingerprint density at radius 1 is 1.38 bits per heavy atom. The fourth-order valence-corrected chi connectivity index (χ4v) is 2.57. The van der Waals surface area contributed by atoms with Crippen LogP contribution in [-0.4, -0.2) is 41.0 Å². The molecule has 2 rings (SSSR count). The predicted molar refractivity (Wildman–Crippen MR) is 82.3 cm³/mol. The predicted octanol–water partition coefficient (Wildman–Crippen LogP) is 2.45. The first-order valence-corrected chi connectivity index (χ1v) is 7.92. The first-order chi connectivity index (χ1) is 11.2. The monoisotopic (exact) mass is 345 g/mol. The van der Waals surface area contributed by atoms with Crippen molar-refractivity contribution in [1.29, 1.82) is 0 Å². The SMILES string of the molecule is CC(C)[C@H](N)C(=O)N1CCC(Oc2ccncc2C(F)(F)F)CC1. The second-order valence-corrected chi connectivity index (χ2v) is 6.28. The van der Waals surface area contributed by atoms with Crippen molar-refractivity contribution in [3.63, 3.8) is 0 Å². The minimum absolute atomic E-state index is 0.0395. The molecule has 2 heterocycles. The summed E-state index contributed by atoms with van der Waals surface area (Å²) in [7, 11) is 0. The number of ether oxygens (including phenoxy) is 1. The van der Waals surface area contributed by atoms with Crippen molar-refractivity contribution in [1.82, 2.24) is 9.88 Å². The number of nitrogens with two attached hydrogens (primary N) is 1. The van der Waals surface area contributed by atoms with Crippen molar-refractivity contribution < 1.29 is 22.7 Å². The van der Waals surface area contributed by atoms with Crippen LogP contribution < -0.4 is 10.5 Å². The van der Waals surface area contributed by atoms with Crippen molar-refractivity contribution in [3.8, 4) is 5.75 Å². The zero-order chi connectivity index (χ0) is 17.9. The van der Waals surface area contributed by atoms with Gasteiger partial charge in [-0.25, -0.2) is 0 Å². The van der Waals surface area contributed by atoms with Gasteiger partial charge in [-0.1, -0.05) is 13.8 Å². The van der Waals surface area contributed by atoms with Crippen LogP contribution in [0, 0.1) is 5.92 Å². The summed E-state index contributed by atoms with van der Waals surface area (Å²) in [5, 5.41) is 0. The zero-order valence-corrected chi connectivity index (χ0v) is 13.7. The Morgan fingerprint density at radius 3 is 2.54 bits per heavy atom. The summed E-state index contributed by atoms with van der Waals surface area (Å²) in [5.41, 5.74) is 4.98. The summed E-state index contributed by atoms with van der Waals surface area (Å²) in [6, 6.07) is 0.661. The standard InChI is InChI=1S/C16H22F3N3O2/c1-10(2)14(20)15(23)22-7-4-11(5-8-22)24-13-3-6-21-9-12(13)16(17,18)19/h3,6,9-11,14H,4-5,7-8,20H2,1-2H3/t14-/m0/s1. The fraction of sp³-hybridized carbons (Fsp3) is 0.625. The van der Waals surface area contributed by atoms with Crippen LogP contribution in [0.4, 0.5) is 13.2 Å². The lowest BCUT2D eigenvalue weighted by molar-refractivity contribution is -0.139. The van der Waals surface area contributed by atoms with E-state index in [-0.39, 0.29) is 23.7 Å². The number of hydrogen-bond donors (Lipinski definition) is 1. The molecule has 2 N–H and O–H groups in total. The van der Waals surface area contributed by atoms with Gasteiger partial charge in [0.05, 0.1) is 6.04 Å². The van der Waals surface area contributed by atoms with E-state index in [0.29, 0.717) is 25.9 Å².